The van der Waals surface area contributed by atoms with Gasteiger partial charge in [0.15, 0.2) is 0 Å². The van der Waals surface area contributed by atoms with Crippen molar-refractivity contribution in [1.82, 2.24) is 5.32 Å². The lowest BCUT2D eigenvalue weighted by Gasteiger charge is -2.24. The van der Waals surface area contributed by atoms with Gasteiger partial charge in [0.25, 0.3) is 0 Å². The van der Waals surface area contributed by atoms with Gasteiger partial charge in [0.1, 0.15) is 0 Å². The van der Waals surface area contributed by atoms with Crippen LogP contribution in [-0.2, 0) is 0 Å². The molecule has 0 radical (unpaired) electrons. The predicted molar refractivity (Wildman–Crippen MR) is 35.9 cm³/mol. The van der Waals surface area contributed by atoms with Gasteiger partial charge in [-0.05, 0) is 32.2 Å². The maximum atomic E-state index is 3.41. The highest BCUT2D eigenvalue weighted by Gasteiger charge is 2.12. The van der Waals surface area contributed by atoms with Gasteiger partial charge in [-0.25, -0.2) is 0 Å². The van der Waals surface area contributed by atoms with Crippen LogP contribution < -0.4 is 5.32 Å². The van der Waals surface area contributed by atoms with Crippen molar-refractivity contribution in [3.05, 3.63) is 0 Å². The monoisotopic (exact) mass is 113 g/mol. The predicted octanol–water partition coefficient (Wildman–Crippen LogP) is 1.39. The standard InChI is InChI=1S/C7H15N/c1-6-3-4-8-7(2)5-6/h6-8H,3-5H2,1-2H3/t6?,7-/m1/s1. The van der Waals surface area contributed by atoms with Gasteiger partial charge < -0.3 is 5.32 Å². The summed E-state index contributed by atoms with van der Waals surface area (Å²) in [5.74, 6) is 0.950. The third-order valence-electron chi connectivity index (χ3n) is 1.89. The van der Waals surface area contributed by atoms with Crippen LogP contribution in [0.2, 0.25) is 0 Å². The van der Waals surface area contributed by atoms with Crippen molar-refractivity contribution in [2.75, 3.05) is 6.54 Å². The summed E-state index contributed by atoms with van der Waals surface area (Å²) in [4.78, 5) is 0. The van der Waals surface area contributed by atoms with Crippen molar-refractivity contribution in [2.24, 2.45) is 5.92 Å². The fourth-order valence-corrected chi connectivity index (χ4v) is 1.38. The van der Waals surface area contributed by atoms with Crippen LogP contribution in [-0.4, -0.2) is 12.6 Å². The number of rotatable bonds is 0. The molecule has 0 aliphatic carbocycles. The van der Waals surface area contributed by atoms with Crippen molar-refractivity contribution in [3.8, 4) is 0 Å². The molecule has 1 N–H and O–H groups in total. The summed E-state index contributed by atoms with van der Waals surface area (Å²) < 4.78 is 0. The number of piperidine rings is 1. The maximum Gasteiger partial charge on any atom is 0.00412 e. The molecular weight excluding hydrogens is 98.1 g/mol. The van der Waals surface area contributed by atoms with Gasteiger partial charge in [0.2, 0.25) is 0 Å². The molecule has 1 saturated heterocycles. The van der Waals surface area contributed by atoms with E-state index >= 15 is 0 Å². The molecule has 0 spiro atoms. The maximum absolute atomic E-state index is 3.41. The summed E-state index contributed by atoms with van der Waals surface area (Å²) >= 11 is 0. The topological polar surface area (TPSA) is 12.0 Å². The van der Waals surface area contributed by atoms with Gasteiger partial charge in [-0.2, -0.15) is 0 Å². The van der Waals surface area contributed by atoms with E-state index in [0.717, 1.165) is 12.0 Å². The second kappa shape index (κ2) is 2.49. The zero-order chi connectivity index (χ0) is 5.98. The Labute approximate surface area is 51.5 Å². The van der Waals surface area contributed by atoms with Gasteiger partial charge in [0.05, 0.1) is 0 Å². The first-order valence-corrected chi connectivity index (χ1v) is 3.52. The molecule has 0 saturated carbocycles. The molecule has 1 heterocycles. The van der Waals surface area contributed by atoms with Crippen molar-refractivity contribution in [3.63, 3.8) is 0 Å². The second-order valence-corrected chi connectivity index (χ2v) is 2.98. The Balaban J connectivity index is 2.23. The van der Waals surface area contributed by atoms with Crippen molar-refractivity contribution >= 4 is 0 Å². The highest BCUT2D eigenvalue weighted by atomic mass is 14.9. The number of hydrogen-bond acceptors (Lipinski definition) is 1. The quantitative estimate of drug-likeness (QED) is 0.500. The molecule has 48 valence electrons. The molecule has 1 fully saturated rings. The van der Waals surface area contributed by atoms with E-state index in [2.05, 4.69) is 19.2 Å². The van der Waals surface area contributed by atoms with Gasteiger partial charge in [-0.1, -0.05) is 6.92 Å². The molecule has 1 aliphatic heterocycles. The first-order chi connectivity index (χ1) is 3.79. The molecule has 8 heavy (non-hydrogen) atoms. The summed E-state index contributed by atoms with van der Waals surface area (Å²) in [7, 11) is 0. The van der Waals surface area contributed by atoms with E-state index in [9.17, 15) is 0 Å². The Kier molecular flexibility index (Phi) is 1.90. The fraction of sp³-hybridized carbons (Fsp3) is 1.00. The first-order valence-electron chi connectivity index (χ1n) is 3.52. The zero-order valence-corrected chi connectivity index (χ0v) is 5.78. The Morgan fingerprint density at radius 1 is 1.38 bits per heavy atom. The molecule has 1 aliphatic rings. The number of hydrogen-bond donors (Lipinski definition) is 1. The molecule has 0 aromatic heterocycles. The Bertz CT molecular complexity index is 62.8. The van der Waals surface area contributed by atoms with E-state index in [4.69, 9.17) is 0 Å². The van der Waals surface area contributed by atoms with Gasteiger partial charge >= 0.3 is 0 Å². The molecule has 0 aromatic rings. The summed E-state index contributed by atoms with van der Waals surface area (Å²) in [6.45, 7) is 5.81. The minimum atomic E-state index is 0.763. The SMILES string of the molecule is CC1CCN[C@H](C)C1. The summed E-state index contributed by atoms with van der Waals surface area (Å²) in [5.41, 5.74) is 0. The molecule has 1 heteroatoms. The molecule has 2 atom stereocenters. The second-order valence-electron chi connectivity index (χ2n) is 2.98. The average molecular weight is 113 g/mol. The summed E-state index contributed by atoms with van der Waals surface area (Å²) in [6, 6.07) is 0.763. The van der Waals surface area contributed by atoms with Crippen LogP contribution in [0.1, 0.15) is 26.7 Å². The van der Waals surface area contributed by atoms with E-state index in [1.165, 1.54) is 19.4 Å². The van der Waals surface area contributed by atoms with Crippen molar-refractivity contribution in [2.45, 2.75) is 32.7 Å². The van der Waals surface area contributed by atoms with Crippen LogP contribution in [0, 0.1) is 5.92 Å². The van der Waals surface area contributed by atoms with Crippen LogP contribution in [0.4, 0.5) is 0 Å². The number of nitrogens with one attached hydrogen (secondary N) is 1. The summed E-state index contributed by atoms with van der Waals surface area (Å²) in [5, 5.41) is 3.41. The Hall–Kier alpha value is -0.0400. The first kappa shape index (κ1) is 6.09. The minimum Gasteiger partial charge on any atom is -0.314 e. The minimum absolute atomic E-state index is 0.763. The van der Waals surface area contributed by atoms with Gasteiger partial charge in [-0.3, -0.25) is 0 Å². The smallest absolute Gasteiger partial charge is 0.00412 e. The van der Waals surface area contributed by atoms with E-state index in [1.54, 1.807) is 0 Å². The largest absolute Gasteiger partial charge is 0.314 e. The molecule has 0 aromatic carbocycles. The molecule has 0 amide bonds. The van der Waals surface area contributed by atoms with Crippen LogP contribution >= 0.6 is 0 Å². The molecule has 1 unspecified atom stereocenters. The molecule has 0 bridgehead atoms. The van der Waals surface area contributed by atoms with Crippen LogP contribution in [0.5, 0.6) is 0 Å². The fourth-order valence-electron chi connectivity index (χ4n) is 1.38. The van der Waals surface area contributed by atoms with Crippen molar-refractivity contribution in [1.29, 1.82) is 0 Å². The normalized spacial score (nSPS) is 39.8. The van der Waals surface area contributed by atoms with E-state index in [1.807, 2.05) is 0 Å². The molecule has 1 nitrogen and oxygen atoms in total. The van der Waals surface area contributed by atoms with Gasteiger partial charge in [-0.15, -0.1) is 0 Å². The average Bonchev–Trinajstić information content (AvgIpc) is 1.64. The Morgan fingerprint density at radius 2 is 2.12 bits per heavy atom. The van der Waals surface area contributed by atoms with E-state index in [0.29, 0.717) is 0 Å². The lowest BCUT2D eigenvalue weighted by atomic mass is 9.96. The van der Waals surface area contributed by atoms with E-state index < -0.39 is 0 Å². The van der Waals surface area contributed by atoms with Crippen LogP contribution in [0.15, 0.2) is 0 Å². The lowest BCUT2D eigenvalue weighted by Crippen LogP contribution is -2.34. The van der Waals surface area contributed by atoms with Crippen molar-refractivity contribution < 1.29 is 0 Å². The molecular formula is C7H15N. The Morgan fingerprint density at radius 3 is 2.50 bits per heavy atom. The third kappa shape index (κ3) is 1.48. The van der Waals surface area contributed by atoms with Crippen LogP contribution in [0.3, 0.4) is 0 Å². The molecule has 1 rings (SSSR count). The zero-order valence-electron chi connectivity index (χ0n) is 5.78. The third-order valence-corrected chi connectivity index (χ3v) is 1.89. The highest BCUT2D eigenvalue weighted by molar-refractivity contribution is 4.71. The van der Waals surface area contributed by atoms with Crippen LogP contribution in [0.25, 0.3) is 0 Å². The highest BCUT2D eigenvalue weighted by Crippen LogP contribution is 2.13. The summed E-state index contributed by atoms with van der Waals surface area (Å²) in [6.07, 6.45) is 2.73. The van der Waals surface area contributed by atoms with Gasteiger partial charge in [0, 0.05) is 6.04 Å². The van der Waals surface area contributed by atoms with E-state index in [-0.39, 0.29) is 0 Å². The lowest BCUT2D eigenvalue weighted by molar-refractivity contribution is 0.336.